The summed E-state index contributed by atoms with van der Waals surface area (Å²) in [7, 11) is 20.1. The summed E-state index contributed by atoms with van der Waals surface area (Å²) in [5.74, 6) is 0. The second-order valence-electron chi connectivity index (χ2n) is 1.79. The first kappa shape index (κ1) is 14.1. The van der Waals surface area contributed by atoms with Crippen LogP contribution in [-0.4, -0.2) is 20.2 Å². The zero-order valence-electron chi connectivity index (χ0n) is 6.14. The van der Waals surface area contributed by atoms with Crippen LogP contribution < -0.4 is 5.73 Å². The standard InChI is InChI=1S/C5H5NOS.4ClH.Sn/c6-5-2-1-4(3-7)8-5;;;;;/h1-3H,6H2;4*1H;/q;;;;;+4/p-4. The summed E-state index contributed by atoms with van der Waals surface area (Å²) in [5.41, 5.74) is 5.31. The van der Waals surface area contributed by atoms with Crippen LogP contribution in [0, 0.1) is 0 Å². The summed E-state index contributed by atoms with van der Waals surface area (Å²) >= 11 is -1.99. The van der Waals surface area contributed by atoms with E-state index in [0.29, 0.717) is 9.88 Å². The third kappa shape index (κ3) is 11.1. The molecule has 1 heterocycles. The maximum absolute atomic E-state index is 9.97. The van der Waals surface area contributed by atoms with Crippen molar-refractivity contribution >= 4 is 72.2 Å². The number of thiophene rings is 1. The van der Waals surface area contributed by atoms with E-state index in [9.17, 15) is 4.79 Å². The predicted octanol–water partition coefficient (Wildman–Crippen LogP) is 3.52. The average molecular weight is 388 g/mol. The number of rotatable bonds is 1. The second kappa shape index (κ2) is 6.58. The van der Waals surface area contributed by atoms with Gasteiger partial charge in [0.05, 0.1) is 9.88 Å². The molecule has 2 nitrogen and oxygen atoms in total. The van der Waals surface area contributed by atoms with Crippen LogP contribution in [0.5, 0.6) is 0 Å². The van der Waals surface area contributed by atoms with Gasteiger partial charge in [0.2, 0.25) is 0 Å². The van der Waals surface area contributed by atoms with E-state index in [1.54, 1.807) is 12.1 Å². The summed E-state index contributed by atoms with van der Waals surface area (Å²) in [4.78, 5) is 10.7. The van der Waals surface area contributed by atoms with Crippen LogP contribution in [0.3, 0.4) is 0 Å². The van der Waals surface area contributed by atoms with Crippen LogP contribution in [0.1, 0.15) is 9.67 Å². The topological polar surface area (TPSA) is 43.1 Å². The Kier molecular flexibility index (Phi) is 7.15. The summed E-state index contributed by atoms with van der Waals surface area (Å²) < 4.78 is 0. The van der Waals surface area contributed by atoms with Crippen molar-refractivity contribution in [3.8, 4) is 0 Å². The molecule has 0 fully saturated rings. The van der Waals surface area contributed by atoms with Gasteiger partial charge in [-0.05, 0) is 12.1 Å². The van der Waals surface area contributed by atoms with Gasteiger partial charge in [-0.2, -0.15) is 0 Å². The number of hydrogen-bond acceptors (Lipinski definition) is 3. The molecule has 1 rings (SSSR count). The first-order valence-corrected chi connectivity index (χ1v) is 18.2. The summed E-state index contributed by atoms with van der Waals surface area (Å²) in [6, 6.07) is 3.42. The van der Waals surface area contributed by atoms with Crippen LogP contribution in [0.25, 0.3) is 0 Å². The van der Waals surface area contributed by atoms with Crippen LogP contribution >= 0.6 is 47.0 Å². The van der Waals surface area contributed by atoms with Gasteiger partial charge >= 0.3 is 49.6 Å². The number of nitrogen functional groups attached to an aromatic ring is 1. The maximum atomic E-state index is 9.97. The van der Waals surface area contributed by atoms with Crippen molar-refractivity contribution in [3.63, 3.8) is 0 Å². The van der Waals surface area contributed by atoms with Crippen molar-refractivity contribution in [3.05, 3.63) is 17.0 Å². The van der Waals surface area contributed by atoms with Gasteiger partial charge in [0, 0.05) is 0 Å². The van der Waals surface area contributed by atoms with E-state index in [0.717, 1.165) is 6.29 Å². The molecule has 0 aliphatic rings. The molecule has 0 atom stereocenters. The molecule has 0 aromatic carbocycles. The van der Waals surface area contributed by atoms with Crippen LogP contribution in [-0.2, 0) is 0 Å². The molecule has 0 radical (unpaired) electrons. The Bertz CT molecular complexity index is 268. The van der Waals surface area contributed by atoms with E-state index < -0.39 is 13.9 Å². The summed E-state index contributed by atoms with van der Waals surface area (Å²) in [5, 5.41) is 0.687. The molecule has 74 valence electrons. The minimum atomic E-state index is -3.29. The van der Waals surface area contributed by atoms with Gasteiger partial charge < -0.3 is 5.73 Å². The van der Waals surface area contributed by atoms with Crippen molar-refractivity contribution in [2.24, 2.45) is 0 Å². The molecule has 1 aromatic heterocycles. The van der Waals surface area contributed by atoms with E-state index in [-0.39, 0.29) is 0 Å². The van der Waals surface area contributed by atoms with Gasteiger partial charge in [0.1, 0.15) is 0 Å². The van der Waals surface area contributed by atoms with Crippen LogP contribution in [0.4, 0.5) is 5.00 Å². The Balaban J connectivity index is 0.000000252. The van der Waals surface area contributed by atoms with Crippen LogP contribution in [0.2, 0.25) is 0 Å². The molecule has 1 aromatic rings. The number of halogens is 4. The zero-order valence-corrected chi connectivity index (χ0v) is 12.8. The van der Waals surface area contributed by atoms with Gasteiger partial charge in [0.15, 0.2) is 6.29 Å². The molecule has 0 spiro atoms. The Morgan fingerprint density at radius 1 is 1.31 bits per heavy atom. The molecule has 0 unspecified atom stereocenters. The third-order valence-electron chi connectivity index (χ3n) is 0.764. The van der Waals surface area contributed by atoms with Crippen molar-refractivity contribution in [1.29, 1.82) is 0 Å². The van der Waals surface area contributed by atoms with Gasteiger partial charge in [-0.1, -0.05) is 0 Å². The van der Waals surface area contributed by atoms with E-state index in [1.807, 2.05) is 0 Å². The molecule has 0 saturated carbocycles. The van der Waals surface area contributed by atoms with Crippen molar-refractivity contribution in [2.45, 2.75) is 0 Å². The number of nitrogens with two attached hydrogens (primary N) is 1. The molecular weight excluding hydrogens is 383 g/mol. The van der Waals surface area contributed by atoms with Gasteiger partial charge in [-0.3, -0.25) is 4.79 Å². The first-order chi connectivity index (χ1) is 5.83. The first-order valence-electron chi connectivity index (χ1n) is 2.89. The quantitative estimate of drug-likeness (QED) is 0.592. The van der Waals surface area contributed by atoms with E-state index in [4.69, 9.17) is 41.4 Å². The fourth-order valence-electron chi connectivity index (χ4n) is 0.432. The Morgan fingerprint density at radius 2 is 1.77 bits per heavy atom. The number of aldehydes is 1. The molecule has 0 aliphatic carbocycles. The Hall–Kier alpha value is 1.13. The van der Waals surface area contributed by atoms with Gasteiger partial charge in [-0.15, -0.1) is 11.3 Å². The molecule has 0 saturated heterocycles. The summed E-state index contributed by atoms with van der Waals surface area (Å²) in [6.07, 6.45) is 0.793. The zero-order chi connectivity index (χ0) is 10.5. The van der Waals surface area contributed by atoms with E-state index in [1.165, 1.54) is 11.3 Å². The molecule has 13 heavy (non-hydrogen) atoms. The third-order valence-corrected chi connectivity index (χ3v) is 1.60. The monoisotopic (exact) mass is 387 g/mol. The van der Waals surface area contributed by atoms with Gasteiger partial charge in [0.25, 0.3) is 0 Å². The number of carbonyl (C=O) groups excluding carboxylic acids is 1. The van der Waals surface area contributed by atoms with Crippen molar-refractivity contribution in [1.82, 2.24) is 0 Å². The predicted molar refractivity (Wildman–Crippen MR) is 63.3 cm³/mol. The summed E-state index contributed by atoms with van der Waals surface area (Å²) in [6.45, 7) is 0. The molecule has 0 aliphatic heterocycles. The number of hydrogen-bond donors (Lipinski definition) is 1. The fourth-order valence-corrected chi connectivity index (χ4v) is 1.02. The molecule has 2 N–H and O–H groups in total. The number of anilines is 1. The molecule has 8 heteroatoms. The number of carbonyl (C=O) groups is 1. The SMILES string of the molecule is Nc1ccc(C=O)s1.[Cl][Sn]([Cl])([Cl])[Cl]. The van der Waals surface area contributed by atoms with E-state index in [2.05, 4.69) is 0 Å². The minimum absolute atomic E-state index is 0.683. The normalized spacial score (nSPS) is 10.2. The molecular formula is C5H5Cl4NOSSn. The fraction of sp³-hybridized carbons (Fsp3) is 0. The van der Waals surface area contributed by atoms with Crippen molar-refractivity contribution in [2.75, 3.05) is 5.73 Å². The average Bonchev–Trinajstić information content (AvgIpc) is 2.31. The van der Waals surface area contributed by atoms with Crippen LogP contribution in [0.15, 0.2) is 12.1 Å². The van der Waals surface area contributed by atoms with Crippen molar-refractivity contribution < 1.29 is 4.79 Å². The van der Waals surface area contributed by atoms with Gasteiger partial charge in [-0.25, -0.2) is 0 Å². The Morgan fingerprint density at radius 3 is 1.92 bits per heavy atom. The molecule has 0 amide bonds. The van der Waals surface area contributed by atoms with E-state index >= 15 is 0 Å². The second-order valence-corrected chi connectivity index (χ2v) is 28.4. The molecule has 0 bridgehead atoms. The Labute approximate surface area is 98.6 Å².